The molecule has 2 heterocycles. The highest BCUT2D eigenvalue weighted by Crippen LogP contribution is 2.27. The summed E-state index contributed by atoms with van der Waals surface area (Å²) in [5.74, 6) is 1.54. The predicted molar refractivity (Wildman–Crippen MR) is 109 cm³/mol. The molecule has 0 bridgehead atoms. The maximum absolute atomic E-state index is 12.4. The largest absolute Gasteiger partial charge is 0.353 e. The summed E-state index contributed by atoms with van der Waals surface area (Å²) in [6, 6.07) is 1.26. The molecule has 25 heavy (non-hydrogen) atoms. The number of nitrogens with zero attached hydrogens (tertiary/aromatic N) is 1. The maximum Gasteiger partial charge on any atom is 0.220 e. The van der Waals surface area contributed by atoms with Crippen LogP contribution in [0.4, 0.5) is 0 Å². The molecule has 0 aromatic rings. The Kier molecular flexibility index (Phi) is 10.7. The van der Waals surface area contributed by atoms with E-state index >= 15 is 0 Å². The molecule has 0 spiro atoms. The number of hydrogen-bond donors (Lipinski definition) is 2. The minimum atomic E-state index is 0. The first-order valence-electron chi connectivity index (χ1n) is 9.96. The molecule has 1 unspecified atom stereocenters. The lowest BCUT2D eigenvalue weighted by molar-refractivity contribution is -0.123. The van der Waals surface area contributed by atoms with Crippen molar-refractivity contribution < 1.29 is 4.79 Å². The SMILES string of the molecule is CC(CC(=O)NC1CCN(C2CCCC2)CC1)C1CCNCC1.Cl.Cl. The Morgan fingerprint density at radius 2 is 1.64 bits per heavy atom. The average molecular weight is 394 g/mol. The van der Waals surface area contributed by atoms with Gasteiger partial charge in [0.25, 0.3) is 0 Å². The van der Waals surface area contributed by atoms with E-state index in [4.69, 9.17) is 0 Å². The molecule has 3 aliphatic rings. The summed E-state index contributed by atoms with van der Waals surface area (Å²) in [5, 5.41) is 6.73. The van der Waals surface area contributed by atoms with E-state index in [2.05, 4.69) is 22.5 Å². The summed E-state index contributed by atoms with van der Waals surface area (Å²) in [7, 11) is 0. The number of piperidine rings is 2. The fourth-order valence-electron chi connectivity index (χ4n) is 4.84. The summed E-state index contributed by atoms with van der Waals surface area (Å²) < 4.78 is 0. The van der Waals surface area contributed by atoms with E-state index < -0.39 is 0 Å². The molecule has 2 aliphatic heterocycles. The van der Waals surface area contributed by atoms with Crippen molar-refractivity contribution in [3.8, 4) is 0 Å². The summed E-state index contributed by atoms with van der Waals surface area (Å²) in [6.07, 6.45) is 11.1. The van der Waals surface area contributed by atoms with Crippen molar-refractivity contribution in [2.45, 2.75) is 76.8 Å². The van der Waals surface area contributed by atoms with E-state index in [1.807, 2.05) is 0 Å². The molecule has 3 rings (SSSR count). The van der Waals surface area contributed by atoms with Gasteiger partial charge in [-0.1, -0.05) is 19.8 Å². The van der Waals surface area contributed by atoms with Gasteiger partial charge in [0.2, 0.25) is 5.91 Å². The van der Waals surface area contributed by atoms with Crippen molar-refractivity contribution in [1.82, 2.24) is 15.5 Å². The highest BCUT2D eigenvalue weighted by Gasteiger charge is 2.28. The van der Waals surface area contributed by atoms with Gasteiger partial charge in [0.1, 0.15) is 0 Å². The van der Waals surface area contributed by atoms with E-state index in [9.17, 15) is 4.79 Å². The van der Waals surface area contributed by atoms with Crippen molar-refractivity contribution in [2.75, 3.05) is 26.2 Å². The van der Waals surface area contributed by atoms with E-state index in [-0.39, 0.29) is 30.7 Å². The molecule has 3 fully saturated rings. The van der Waals surface area contributed by atoms with Gasteiger partial charge < -0.3 is 15.5 Å². The fraction of sp³-hybridized carbons (Fsp3) is 0.947. The molecule has 0 radical (unpaired) electrons. The van der Waals surface area contributed by atoms with Crippen LogP contribution in [0.25, 0.3) is 0 Å². The van der Waals surface area contributed by atoms with Gasteiger partial charge >= 0.3 is 0 Å². The molecule has 2 N–H and O–H groups in total. The number of carbonyl (C=O) groups is 1. The van der Waals surface area contributed by atoms with Crippen molar-refractivity contribution in [2.24, 2.45) is 11.8 Å². The molecular weight excluding hydrogens is 357 g/mol. The monoisotopic (exact) mass is 393 g/mol. The van der Waals surface area contributed by atoms with Crippen LogP contribution >= 0.6 is 24.8 Å². The van der Waals surface area contributed by atoms with Crippen LogP contribution in [-0.4, -0.2) is 49.1 Å². The second kappa shape index (κ2) is 11.6. The van der Waals surface area contributed by atoms with Crippen LogP contribution in [0, 0.1) is 11.8 Å². The number of likely N-dealkylation sites (tertiary alicyclic amines) is 1. The Hall–Kier alpha value is -0.0300. The second-order valence-corrected chi connectivity index (χ2v) is 8.08. The lowest BCUT2D eigenvalue weighted by atomic mass is 9.84. The second-order valence-electron chi connectivity index (χ2n) is 8.08. The minimum Gasteiger partial charge on any atom is -0.353 e. The van der Waals surface area contributed by atoms with Gasteiger partial charge in [-0.15, -0.1) is 24.8 Å². The van der Waals surface area contributed by atoms with Gasteiger partial charge in [0, 0.05) is 31.6 Å². The van der Waals surface area contributed by atoms with Crippen LogP contribution in [0.15, 0.2) is 0 Å². The summed E-state index contributed by atoms with van der Waals surface area (Å²) in [4.78, 5) is 15.0. The number of hydrogen-bond acceptors (Lipinski definition) is 3. The Morgan fingerprint density at radius 1 is 1.04 bits per heavy atom. The first-order valence-corrected chi connectivity index (χ1v) is 9.96. The van der Waals surface area contributed by atoms with E-state index in [0.717, 1.165) is 37.9 Å². The van der Waals surface area contributed by atoms with Gasteiger partial charge in [0.05, 0.1) is 0 Å². The van der Waals surface area contributed by atoms with Crippen molar-refractivity contribution in [1.29, 1.82) is 0 Å². The van der Waals surface area contributed by atoms with Crippen LogP contribution in [-0.2, 0) is 4.79 Å². The number of carbonyl (C=O) groups excluding carboxylic acids is 1. The molecule has 148 valence electrons. The van der Waals surface area contributed by atoms with Crippen LogP contribution in [0.2, 0.25) is 0 Å². The molecule has 4 nitrogen and oxygen atoms in total. The zero-order valence-corrected chi connectivity index (χ0v) is 17.3. The zero-order valence-electron chi connectivity index (χ0n) is 15.7. The van der Waals surface area contributed by atoms with Gasteiger partial charge in [-0.2, -0.15) is 0 Å². The third kappa shape index (κ3) is 6.89. The number of rotatable bonds is 5. The molecule has 1 saturated carbocycles. The maximum atomic E-state index is 12.4. The molecule has 2 saturated heterocycles. The van der Waals surface area contributed by atoms with Crippen molar-refractivity contribution in [3.05, 3.63) is 0 Å². The summed E-state index contributed by atoms with van der Waals surface area (Å²) >= 11 is 0. The van der Waals surface area contributed by atoms with Gasteiger partial charge in [-0.25, -0.2) is 0 Å². The molecule has 1 atom stereocenters. The molecule has 0 aromatic carbocycles. The smallest absolute Gasteiger partial charge is 0.220 e. The number of halogens is 2. The van der Waals surface area contributed by atoms with Gasteiger partial charge in [-0.3, -0.25) is 4.79 Å². The molecule has 1 aliphatic carbocycles. The van der Waals surface area contributed by atoms with Crippen molar-refractivity contribution in [3.63, 3.8) is 0 Å². The van der Waals surface area contributed by atoms with E-state index in [0.29, 0.717) is 18.4 Å². The molecule has 6 heteroatoms. The quantitative estimate of drug-likeness (QED) is 0.752. The Morgan fingerprint density at radius 3 is 2.24 bits per heavy atom. The normalized spacial score (nSPS) is 25.0. The third-order valence-corrected chi connectivity index (χ3v) is 6.43. The average Bonchev–Trinajstić information content (AvgIpc) is 3.11. The first-order chi connectivity index (χ1) is 11.2. The van der Waals surface area contributed by atoms with Crippen LogP contribution in [0.1, 0.15) is 64.7 Å². The van der Waals surface area contributed by atoms with E-state index in [1.54, 1.807) is 0 Å². The Balaban J connectivity index is 0.00000156. The zero-order chi connectivity index (χ0) is 16.1. The minimum absolute atomic E-state index is 0. The fourth-order valence-corrected chi connectivity index (χ4v) is 4.84. The van der Waals surface area contributed by atoms with Gasteiger partial charge in [-0.05, 0) is 63.5 Å². The highest BCUT2D eigenvalue weighted by molar-refractivity contribution is 5.85. The standard InChI is InChI=1S/C19H35N3O.2ClH/c1-15(16-6-10-20-11-7-16)14-19(23)21-17-8-12-22(13-9-17)18-4-2-3-5-18;;/h15-18,20H,2-14H2,1H3,(H,21,23);2*1H. The lowest BCUT2D eigenvalue weighted by Gasteiger charge is -2.36. The Labute approximate surface area is 166 Å². The molecule has 1 amide bonds. The van der Waals surface area contributed by atoms with E-state index in [1.165, 1.54) is 51.6 Å². The first kappa shape index (κ1) is 23.0. The topological polar surface area (TPSA) is 44.4 Å². The highest BCUT2D eigenvalue weighted by atomic mass is 35.5. The van der Waals surface area contributed by atoms with Crippen LogP contribution in [0.5, 0.6) is 0 Å². The van der Waals surface area contributed by atoms with Crippen molar-refractivity contribution >= 4 is 30.7 Å². The summed E-state index contributed by atoms with van der Waals surface area (Å²) in [5.41, 5.74) is 0. The predicted octanol–water partition coefficient (Wildman–Crippen LogP) is 3.38. The Bertz CT molecular complexity index is 377. The molecular formula is C19H37Cl2N3O. The number of nitrogens with one attached hydrogen (secondary N) is 2. The molecule has 0 aromatic heterocycles. The number of amides is 1. The third-order valence-electron chi connectivity index (χ3n) is 6.43. The summed E-state index contributed by atoms with van der Waals surface area (Å²) in [6.45, 7) is 6.86. The van der Waals surface area contributed by atoms with Gasteiger partial charge in [0.15, 0.2) is 0 Å². The van der Waals surface area contributed by atoms with Crippen LogP contribution in [0.3, 0.4) is 0 Å². The van der Waals surface area contributed by atoms with Crippen LogP contribution < -0.4 is 10.6 Å². The lowest BCUT2D eigenvalue weighted by Crippen LogP contribution is -2.47.